The third-order valence-electron chi connectivity index (χ3n) is 1.95. The Labute approximate surface area is 83.0 Å². The van der Waals surface area contributed by atoms with E-state index in [1.165, 1.54) is 7.11 Å². The van der Waals surface area contributed by atoms with Crippen molar-refractivity contribution in [2.24, 2.45) is 0 Å². The quantitative estimate of drug-likeness (QED) is 0.753. The molecule has 1 aromatic rings. The number of hydrogen-bond acceptors (Lipinski definition) is 5. The van der Waals surface area contributed by atoms with Gasteiger partial charge in [0.1, 0.15) is 5.76 Å². The molecule has 0 amide bonds. The normalized spacial score (nSPS) is 11.6. The molecular weight excluding hydrogens is 206 g/mol. The summed E-state index contributed by atoms with van der Waals surface area (Å²) in [5, 5.41) is 3.59. The summed E-state index contributed by atoms with van der Waals surface area (Å²) in [5.41, 5.74) is 0.509. The molecule has 0 spiro atoms. The molecule has 0 saturated carbocycles. The molecule has 0 aliphatic heterocycles. The van der Waals surface area contributed by atoms with Gasteiger partial charge in [0.15, 0.2) is 9.84 Å². The van der Waals surface area contributed by atoms with Gasteiger partial charge in [-0.15, -0.1) is 0 Å². The van der Waals surface area contributed by atoms with Gasteiger partial charge in [-0.3, -0.25) is 0 Å². The zero-order valence-electron chi connectivity index (χ0n) is 8.40. The minimum Gasteiger partial charge on any atom is -0.479 e. The maximum Gasteiger partial charge on any atom is 0.258 e. The van der Waals surface area contributed by atoms with Crippen molar-refractivity contribution < 1.29 is 17.7 Å². The second kappa shape index (κ2) is 4.00. The van der Waals surface area contributed by atoms with Gasteiger partial charge in [0, 0.05) is 5.75 Å². The van der Waals surface area contributed by atoms with E-state index in [-0.39, 0.29) is 17.4 Å². The molecule has 0 aliphatic carbocycles. The Bertz CT molecular complexity index is 407. The van der Waals surface area contributed by atoms with Gasteiger partial charge in [-0.25, -0.2) is 8.42 Å². The second-order valence-corrected chi connectivity index (χ2v) is 5.26. The molecule has 0 saturated heterocycles. The maximum absolute atomic E-state index is 11.4. The van der Waals surface area contributed by atoms with Crippen LogP contribution in [0.15, 0.2) is 4.52 Å². The Hall–Kier alpha value is -1.04. The van der Waals surface area contributed by atoms with E-state index in [4.69, 9.17) is 9.26 Å². The Morgan fingerprint density at radius 3 is 2.64 bits per heavy atom. The van der Waals surface area contributed by atoms with Crippen LogP contribution in [0.2, 0.25) is 0 Å². The third kappa shape index (κ3) is 2.25. The number of nitrogens with zero attached hydrogens (tertiary/aromatic N) is 1. The summed E-state index contributed by atoms with van der Waals surface area (Å²) in [5.74, 6) is 0.751. The van der Waals surface area contributed by atoms with Gasteiger partial charge in [0.25, 0.3) is 5.88 Å². The highest BCUT2D eigenvalue weighted by atomic mass is 32.2. The first-order valence-corrected chi connectivity index (χ1v) is 6.02. The van der Waals surface area contributed by atoms with Crippen molar-refractivity contribution in [3.8, 4) is 5.88 Å². The molecule has 1 aromatic heterocycles. The Kier molecular flexibility index (Phi) is 3.15. The fourth-order valence-corrected chi connectivity index (χ4v) is 1.99. The highest BCUT2D eigenvalue weighted by Gasteiger charge is 2.19. The predicted molar refractivity (Wildman–Crippen MR) is 51.0 cm³/mol. The van der Waals surface area contributed by atoms with E-state index >= 15 is 0 Å². The van der Waals surface area contributed by atoms with Crippen molar-refractivity contribution in [3.05, 3.63) is 11.3 Å². The molecule has 1 heterocycles. The molecule has 0 aromatic carbocycles. The number of rotatable bonds is 4. The van der Waals surface area contributed by atoms with Crippen LogP contribution in [0.5, 0.6) is 5.88 Å². The number of methoxy groups -OCH3 is 1. The molecule has 0 N–H and O–H groups in total. The van der Waals surface area contributed by atoms with Gasteiger partial charge in [0.2, 0.25) is 0 Å². The van der Waals surface area contributed by atoms with E-state index in [0.29, 0.717) is 11.3 Å². The molecule has 6 heteroatoms. The van der Waals surface area contributed by atoms with Crippen molar-refractivity contribution in [3.63, 3.8) is 0 Å². The smallest absolute Gasteiger partial charge is 0.258 e. The minimum absolute atomic E-state index is 0.0813. The number of hydrogen-bond donors (Lipinski definition) is 0. The van der Waals surface area contributed by atoms with Crippen LogP contribution in [-0.4, -0.2) is 26.4 Å². The fourth-order valence-electron chi connectivity index (χ4n) is 1.02. The fraction of sp³-hybridized carbons (Fsp3) is 0.625. The van der Waals surface area contributed by atoms with Gasteiger partial charge < -0.3 is 9.26 Å². The van der Waals surface area contributed by atoms with Crippen LogP contribution in [0.3, 0.4) is 0 Å². The molecule has 0 fully saturated rings. The van der Waals surface area contributed by atoms with Gasteiger partial charge in [0.05, 0.1) is 18.4 Å². The molecular formula is C8H13NO4S. The molecule has 1 rings (SSSR count). The minimum atomic E-state index is -3.08. The predicted octanol–water partition coefficient (Wildman–Crippen LogP) is 0.926. The standard InChI is InChI=1S/C8H13NO4S/c1-4-14(10,11)5-7-6(2)13-9-8(7)12-3/h4-5H2,1-3H3. The van der Waals surface area contributed by atoms with E-state index in [1.807, 2.05) is 0 Å². The molecule has 80 valence electrons. The van der Waals surface area contributed by atoms with Crippen molar-refractivity contribution in [2.75, 3.05) is 12.9 Å². The average molecular weight is 219 g/mol. The van der Waals surface area contributed by atoms with Crippen molar-refractivity contribution in [1.29, 1.82) is 0 Å². The summed E-state index contributed by atoms with van der Waals surface area (Å²) in [7, 11) is -1.65. The Morgan fingerprint density at radius 2 is 2.14 bits per heavy atom. The first kappa shape index (κ1) is 11.0. The van der Waals surface area contributed by atoms with E-state index in [9.17, 15) is 8.42 Å². The van der Waals surface area contributed by atoms with Crippen molar-refractivity contribution in [1.82, 2.24) is 5.16 Å². The lowest BCUT2D eigenvalue weighted by Gasteiger charge is -2.00. The zero-order chi connectivity index (χ0) is 10.8. The Morgan fingerprint density at radius 1 is 1.50 bits per heavy atom. The molecule has 0 atom stereocenters. The summed E-state index contributed by atoms with van der Waals surface area (Å²) in [6.07, 6.45) is 0. The van der Waals surface area contributed by atoms with Gasteiger partial charge in [-0.2, -0.15) is 0 Å². The van der Waals surface area contributed by atoms with Gasteiger partial charge in [-0.05, 0) is 12.1 Å². The van der Waals surface area contributed by atoms with Crippen LogP contribution >= 0.6 is 0 Å². The summed E-state index contributed by atoms with van der Waals surface area (Å²) in [4.78, 5) is 0. The topological polar surface area (TPSA) is 69.4 Å². The van der Waals surface area contributed by atoms with Crippen molar-refractivity contribution in [2.45, 2.75) is 19.6 Å². The monoisotopic (exact) mass is 219 g/mol. The van der Waals surface area contributed by atoms with E-state index in [0.717, 1.165) is 0 Å². The SMILES string of the molecule is CCS(=O)(=O)Cc1c(OC)noc1C. The van der Waals surface area contributed by atoms with Crippen LogP contribution in [0.4, 0.5) is 0 Å². The van der Waals surface area contributed by atoms with E-state index < -0.39 is 9.84 Å². The molecule has 0 bridgehead atoms. The first-order valence-electron chi connectivity index (χ1n) is 4.19. The summed E-state index contributed by atoms with van der Waals surface area (Å²) in [6.45, 7) is 3.26. The highest BCUT2D eigenvalue weighted by molar-refractivity contribution is 7.90. The van der Waals surface area contributed by atoms with Gasteiger partial charge >= 0.3 is 0 Å². The summed E-state index contributed by atoms with van der Waals surface area (Å²) < 4.78 is 32.4. The molecule has 0 unspecified atom stereocenters. The molecule has 14 heavy (non-hydrogen) atoms. The average Bonchev–Trinajstić information content (AvgIpc) is 2.48. The third-order valence-corrected chi connectivity index (χ3v) is 3.55. The van der Waals surface area contributed by atoms with Crippen LogP contribution in [0.25, 0.3) is 0 Å². The first-order chi connectivity index (χ1) is 6.50. The lowest BCUT2D eigenvalue weighted by molar-refractivity contribution is 0.331. The zero-order valence-corrected chi connectivity index (χ0v) is 9.22. The van der Waals surface area contributed by atoms with Gasteiger partial charge in [-0.1, -0.05) is 6.92 Å². The summed E-state index contributed by atoms with van der Waals surface area (Å²) >= 11 is 0. The van der Waals surface area contributed by atoms with E-state index in [2.05, 4.69) is 5.16 Å². The number of aryl methyl sites for hydroxylation is 1. The lowest BCUT2D eigenvalue weighted by Crippen LogP contribution is -2.07. The second-order valence-electron chi connectivity index (χ2n) is 2.90. The van der Waals surface area contributed by atoms with Crippen LogP contribution in [0, 0.1) is 6.92 Å². The lowest BCUT2D eigenvalue weighted by atomic mass is 10.3. The van der Waals surface area contributed by atoms with Crippen molar-refractivity contribution >= 4 is 9.84 Å². The van der Waals surface area contributed by atoms with Crippen LogP contribution in [0.1, 0.15) is 18.2 Å². The Balaban J connectivity index is 3.01. The van der Waals surface area contributed by atoms with Crippen LogP contribution < -0.4 is 4.74 Å². The number of sulfone groups is 1. The molecule has 5 nitrogen and oxygen atoms in total. The summed E-state index contributed by atoms with van der Waals surface area (Å²) in [6, 6.07) is 0. The maximum atomic E-state index is 11.4. The van der Waals surface area contributed by atoms with E-state index in [1.54, 1.807) is 13.8 Å². The molecule has 0 radical (unpaired) electrons. The largest absolute Gasteiger partial charge is 0.479 e. The number of aromatic nitrogens is 1. The van der Waals surface area contributed by atoms with Crippen LogP contribution in [-0.2, 0) is 15.6 Å². The number of ether oxygens (including phenoxy) is 1. The molecule has 0 aliphatic rings. The highest BCUT2D eigenvalue weighted by Crippen LogP contribution is 2.22.